The molecule has 71 valence electrons. The summed E-state index contributed by atoms with van der Waals surface area (Å²) in [6.07, 6.45) is -3.38. The van der Waals surface area contributed by atoms with Gasteiger partial charge < -0.3 is 10.2 Å². The Morgan fingerprint density at radius 1 is 0.909 bits per heavy atom. The number of hydrogen-bond acceptors (Lipinski definition) is 6. The molecule has 0 aliphatic heterocycles. The first-order valence-electron chi connectivity index (χ1n) is 1.63. The van der Waals surface area contributed by atoms with Gasteiger partial charge in [0.25, 0.3) is 0 Å². The largest absolute Gasteiger partial charge is 0.537 e. The van der Waals surface area contributed by atoms with Crippen LogP contribution in [0.25, 0.3) is 0 Å². The van der Waals surface area contributed by atoms with E-state index < -0.39 is 12.3 Å². The normalized spacial score (nSPS) is 6.00. The molecule has 0 aromatic carbocycles. The van der Waals surface area contributed by atoms with E-state index in [2.05, 4.69) is 9.78 Å². The maximum absolute atomic E-state index is 8.90. The van der Waals surface area contributed by atoms with Crippen LogP contribution in [0.15, 0.2) is 0 Å². The third-order valence-electron chi connectivity index (χ3n) is 0.156. The predicted molar refractivity (Wildman–Crippen MR) is 23.5 cm³/mol. The molecule has 8 nitrogen and oxygen atoms in total. The summed E-state index contributed by atoms with van der Waals surface area (Å²) in [6.45, 7) is 0. The molecule has 0 spiro atoms. The van der Waals surface area contributed by atoms with Gasteiger partial charge in [0.1, 0.15) is 0 Å². The molecule has 11 heavy (non-hydrogen) atoms. The molecule has 0 fully saturated rings. The Kier molecular flexibility index (Phi) is 17.6. The van der Waals surface area contributed by atoms with Crippen molar-refractivity contribution in [1.29, 1.82) is 0 Å². The second kappa shape index (κ2) is 11.7. The predicted octanol–water partition coefficient (Wildman–Crippen LogP) is 0.305. The summed E-state index contributed by atoms with van der Waals surface area (Å²) < 4.78 is 0. The Bertz CT molecular complexity index is 96.7. The van der Waals surface area contributed by atoms with Gasteiger partial charge in [-0.25, -0.2) is 9.59 Å². The molecule has 0 rings (SSSR count). The summed E-state index contributed by atoms with van der Waals surface area (Å²) in [5, 5.41) is 28.6. The SMILES string of the molecule is O=C(O)OO.O=C(O)OO.[Cu]. The molecule has 0 bridgehead atoms. The monoisotopic (exact) mass is 219 g/mol. The fourth-order valence-corrected chi connectivity index (χ4v) is 0. The Morgan fingerprint density at radius 3 is 1.00 bits per heavy atom. The van der Waals surface area contributed by atoms with Gasteiger partial charge >= 0.3 is 12.3 Å². The minimum Gasteiger partial charge on any atom is -0.448 e. The van der Waals surface area contributed by atoms with E-state index in [1.54, 1.807) is 0 Å². The first-order valence-corrected chi connectivity index (χ1v) is 1.63. The van der Waals surface area contributed by atoms with Crippen molar-refractivity contribution in [1.82, 2.24) is 0 Å². The smallest absolute Gasteiger partial charge is 0.448 e. The molecule has 0 saturated heterocycles. The Hall–Kier alpha value is -1.02. The molecule has 0 unspecified atom stereocenters. The van der Waals surface area contributed by atoms with Gasteiger partial charge in [0, 0.05) is 17.1 Å². The van der Waals surface area contributed by atoms with E-state index in [1.807, 2.05) is 0 Å². The maximum atomic E-state index is 8.90. The number of rotatable bonds is 0. The van der Waals surface area contributed by atoms with Crippen LogP contribution >= 0.6 is 0 Å². The minimum atomic E-state index is -1.69. The summed E-state index contributed by atoms with van der Waals surface area (Å²) >= 11 is 0. The molecular weight excluding hydrogens is 216 g/mol. The standard InChI is InChI=1S/2CH2O4.Cu/c2*2-1(3)5-4;/h2*4H,(H,2,3);. The first kappa shape index (κ1) is 16.5. The second-order valence-electron chi connectivity index (χ2n) is 0.714. The fourth-order valence-electron chi connectivity index (χ4n) is 0. The van der Waals surface area contributed by atoms with Gasteiger partial charge in [0.2, 0.25) is 0 Å². The van der Waals surface area contributed by atoms with Crippen molar-refractivity contribution >= 4 is 12.3 Å². The molecule has 4 N–H and O–H groups in total. The molecular formula is C2H4CuO8. The summed E-state index contributed by atoms with van der Waals surface area (Å²) in [5.74, 6) is 0. The van der Waals surface area contributed by atoms with Crippen molar-refractivity contribution < 1.29 is 57.2 Å². The Morgan fingerprint density at radius 2 is 1.00 bits per heavy atom. The van der Waals surface area contributed by atoms with E-state index >= 15 is 0 Å². The van der Waals surface area contributed by atoms with E-state index in [4.69, 9.17) is 30.3 Å². The van der Waals surface area contributed by atoms with Crippen LogP contribution in [0.5, 0.6) is 0 Å². The molecule has 0 saturated carbocycles. The van der Waals surface area contributed by atoms with Crippen LogP contribution in [0.1, 0.15) is 0 Å². The van der Waals surface area contributed by atoms with Crippen LogP contribution in [-0.2, 0) is 26.8 Å². The van der Waals surface area contributed by atoms with Gasteiger partial charge in [-0.2, -0.15) is 10.5 Å². The molecule has 0 aliphatic carbocycles. The molecule has 0 aromatic rings. The van der Waals surface area contributed by atoms with Crippen LogP contribution in [0.4, 0.5) is 9.59 Å². The topological polar surface area (TPSA) is 134 Å². The van der Waals surface area contributed by atoms with Crippen LogP contribution in [-0.4, -0.2) is 33.0 Å². The quantitative estimate of drug-likeness (QED) is 0.260. The van der Waals surface area contributed by atoms with Crippen molar-refractivity contribution in [2.45, 2.75) is 0 Å². The van der Waals surface area contributed by atoms with Crippen LogP contribution < -0.4 is 0 Å². The van der Waals surface area contributed by atoms with Crippen molar-refractivity contribution in [2.75, 3.05) is 0 Å². The number of carboxylic acid groups (broad SMARTS) is 2. The fraction of sp³-hybridized carbons (Fsp3) is 0. The number of hydrogen-bond donors (Lipinski definition) is 4. The molecule has 0 aliphatic rings. The van der Waals surface area contributed by atoms with Gasteiger partial charge in [-0.3, -0.25) is 9.78 Å². The van der Waals surface area contributed by atoms with Crippen molar-refractivity contribution in [2.24, 2.45) is 0 Å². The van der Waals surface area contributed by atoms with Crippen LogP contribution in [0.3, 0.4) is 0 Å². The molecule has 9 heteroatoms. The third kappa shape index (κ3) is 49.3. The van der Waals surface area contributed by atoms with Crippen molar-refractivity contribution in [3.05, 3.63) is 0 Å². The maximum Gasteiger partial charge on any atom is 0.537 e. The number of carbonyl (C=O) groups is 2. The van der Waals surface area contributed by atoms with Gasteiger partial charge in [-0.1, -0.05) is 0 Å². The van der Waals surface area contributed by atoms with Crippen LogP contribution in [0, 0.1) is 0 Å². The molecule has 1 radical (unpaired) electrons. The average Bonchev–Trinajstić information content (AvgIpc) is 1.89. The van der Waals surface area contributed by atoms with E-state index in [0.717, 1.165) is 0 Å². The van der Waals surface area contributed by atoms with E-state index in [-0.39, 0.29) is 17.1 Å². The zero-order valence-corrected chi connectivity index (χ0v) is 5.67. The van der Waals surface area contributed by atoms with Gasteiger partial charge in [-0.15, -0.1) is 0 Å². The second-order valence-corrected chi connectivity index (χ2v) is 0.714. The van der Waals surface area contributed by atoms with E-state index in [0.29, 0.717) is 0 Å². The average molecular weight is 220 g/mol. The molecule has 0 amide bonds. The Labute approximate surface area is 70.3 Å². The van der Waals surface area contributed by atoms with Crippen LogP contribution in [0.2, 0.25) is 0 Å². The zero-order valence-electron chi connectivity index (χ0n) is 4.72. The molecule has 0 aromatic heterocycles. The Balaban J connectivity index is -0.000000107. The summed E-state index contributed by atoms with van der Waals surface area (Å²) in [5.41, 5.74) is 0. The van der Waals surface area contributed by atoms with Gasteiger partial charge in [0.05, 0.1) is 0 Å². The van der Waals surface area contributed by atoms with E-state index in [1.165, 1.54) is 0 Å². The molecule has 0 heterocycles. The van der Waals surface area contributed by atoms with Gasteiger partial charge in [0.15, 0.2) is 0 Å². The summed E-state index contributed by atoms with van der Waals surface area (Å²) in [4.78, 5) is 23.1. The van der Waals surface area contributed by atoms with E-state index in [9.17, 15) is 0 Å². The zero-order chi connectivity index (χ0) is 8.57. The molecule has 0 atom stereocenters. The van der Waals surface area contributed by atoms with Gasteiger partial charge in [-0.05, 0) is 0 Å². The van der Waals surface area contributed by atoms with Crippen molar-refractivity contribution in [3.63, 3.8) is 0 Å². The first-order chi connectivity index (χ1) is 4.54. The minimum absolute atomic E-state index is 0. The summed E-state index contributed by atoms with van der Waals surface area (Å²) in [7, 11) is 0. The van der Waals surface area contributed by atoms with Crippen molar-refractivity contribution in [3.8, 4) is 0 Å². The third-order valence-corrected chi connectivity index (χ3v) is 0.156. The summed E-state index contributed by atoms with van der Waals surface area (Å²) in [6, 6.07) is 0.